The SMILES string of the molecule is CCCCc1ccc(OC(=O)CCC)cc1. The molecular formula is C14H20O2. The van der Waals surface area contributed by atoms with Crippen LogP contribution in [0.5, 0.6) is 5.75 Å². The van der Waals surface area contributed by atoms with Crippen LogP contribution >= 0.6 is 0 Å². The molecule has 16 heavy (non-hydrogen) atoms. The Morgan fingerprint density at radius 3 is 2.38 bits per heavy atom. The molecule has 0 saturated carbocycles. The van der Waals surface area contributed by atoms with Gasteiger partial charge in [-0.3, -0.25) is 4.79 Å². The quantitative estimate of drug-likeness (QED) is 0.539. The number of carbonyl (C=O) groups excluding carboxylic acids is 1. The van der Waals surface area contributed by atoms with Crippen molar-refractivity contribution in [2.75, 3.05) is 0 Å². The Bertz CT molecular complexity index is 314. The second kappa shape index (κ2) is 7.04. The molecule has 0 aromatic heterocycles. The molecule has 0 radical (unpaired) electrons. The van der Waals surface area contributed by atoms with Gasteiger partial charge < -0.3 is 4.74 Å². The number of unbranched alkanes of at least 4 members (excludes halogenated alkanes) is 1. The summed E-state index contributed by atoms with van der Waals surface area (Å²) in [6.45, 7) is 4.15. The van der Waals surface area contributed by atoms with Crippen molar-refractivity contribution >= 4 is 5.97 Å². The number of benzene rings is 1. The minimum Gasteiger partial charge on any atom is -0.427 e. The maximum absolute atomic E-state index is 11.2. The van der Waals surface area contributed by atoms with E-state index < -0.39 is 0 Å². The summed E-state index contributed by atoms with van der Waals surface area (Å²) >= 11 is 0. The van der Waals surface area contributed by atoms with Crippen LogP contribution in [0.2, 0.25) is 0 Å². The fraction of sp³-hybridized carbons (Fsp3) is 0.500. The summed E-state index contributed by atoms with van der Waals surface area (Å²) in [5.74, 6) is 0.502. The van der Waals surface area contributed by atoms with E-state index in [2.05, 4.69) is 6.92 Å². The van der Waals surface area contributed by atoms with Gasteiger partial charge in [-0.15, -0.1) is 0 Å². The number of aryl methyl sites for hydroxylation is 1. The summed E-state index contributed by atoms with van der Waals surface area (Å²) in [6, 6.07) is 7.81. The number of ether oxygens (including phenoxy) is 1. The molecular weight excluding hydrogens is 200 g/mol. The molecule has 0 unspecified atom stereocenters. The van der Waals surface area contributed by atoms with E-state index in [9.17, 15) is 4.79 Å². The van der Waals surface area contributed by atoms with Gasteiger partial charge in [-0.2, -0.15) is 0 Å². The average molecular weight is 220 g/mol. The standard InChI is InChI=1S/C14H20O2/c1-3-5-7-12-8-10-13(11-9-12)16-14(15)6-4-2/h8-11H,3-7H2,1-2H3. The molecule has 0 aliphatic rings. The first-order chi connectivity index (χ1) is 7.76. The summed E-state index contributed by atoms with van der Waals surface area (Å²) in [4.78, 5) is 11.2. The van der Waals surface area contributed by atoms with E-state index in [1.165, 1.54) is 18.4 Å². The molecule has 0 atom stereocenters. The highest BCUT2D eigenvalue weighted by Gasteiger charge is 2.02. The number of hydrogen-bond donors (Lipinski definition) is 0. The Morgan fingerprint density at radius 1 is 1.12 bits per heavy atom. The molecule has 0 aliphatic carbocycles. The number of rotatable bonds is 6. The average Bonchev–Trinajstić information content (AvgIpc) is 2.28. The highest BCUT2D eigenvalue weighted by atomic mass is 16.5. The lowest BCUT2D eigenvalue weighted by molar-refractivity contribution is -0.134. The molecule has 0 N–H and O–H groups in total. The number of hydrogen-bond acceptors (Lipinski definition) is 2. The van der Waals surface area contributed by atoms with E-state index in [0.29, 0.717) is 12.2 Å². The third kappa shape index (κ3) is 4.47. The molecule has 0 bridgehead atoms. The second-order valence-corrected chi connectivity index (χ2v) is 3.97. The zero-order valence-electron chi connectivity index (χ0n) is 10.2. The summed E-state index contributed by atoms with van der Waals surface area (Å²) in [5.41, 5.74) is 1.30. The van der Waals surface area contributed by atoms with Gasteiger partial charge in [0, 0.05) is 6.42 Å². The fourth-order valence-electron chi connectivity index (χ4n) is 1.49. The van der Waals surface area contributed by atoms with Crippen molar-refractivity contribution in [2.24, 2.45) is 0 Å². The Hall–Kier alpha value is -1.31. The van der Waals surface area contributed by atoms with Crippen molar-refractivity contribution < 1.29 is 9.53 Å². The van der Waals surface area contributed by atoms with E-state index in [1.54, 1.807) is 0 Å². The number of esters is 1. The number of carbonyl (C=O) groups is 1. The Balaban J connectivity index is 2.47. The molecule has 0 saturated heterocycles. The lowest BCUT2D eigenvalue weighted by Gasteiger charge is -2.04. The first kappa shape index (κ1) is 12.8. The van der Waals surface area contributed by atoms with E-state index >= 15 is 0 Å². The normalized spacial score (nSPS) is 10.1. The van der Waals surface area contributed by atoms with Crippen LogP contribution < -0.4 is 4.74 Å². The third-order valence-electron chi connectivity index (χ3n) is 2.43. The van der Waals surface area contributed by atoms with Crippen molar-refractivity contribution in [2.45, 2.75) is 46.0 Å². The highest BCUT2D eigenvalue weighted by molar-refractivity contribution is 5.72. The van der Waals surface area contributed by atoms with Gasteiger partial charge in [0.05, 0.1) is 0 Å². The zero-order valence-corrected chi connectivity index (χ0v) is 10.2. The van der Waals surface area contributed by atoms with E-state index in [1.807, 2.05) is 31.2 Å². The Kier molecular flexibility index (Phi) is 5.62. The van der Waals surface area contributed by atoms with Crippen molar-refractivity contribution in [1.29, 1.82) is 0 Å². The van der Waals surface area contributed by atoms with Gasteiger partial charge in [0.2, 0.25) is 0 Å². The predicted octanol–water partition coefficient (Wildman–Crippen LogP) is 3.73. The van der Waals surface area contributed by atoms with Crippen molar-refractivity contribution in [3.63, 3.8) is 0 Å². The van der Waals surface area contributed by atoms with Gasteiger partial charge in [-0.1, -0.05) is 32.4 Å². The first-order valence-electron chi connectivity index (χ1n) is 6.06. The molecule has 0 aliphatic heterocycles. The van der Waals surface area contributed by atoms with Gasteiger partial charge in [-0.05, 0) is 37.0 Å². The monoisotopic (exact) mass is 220 g/mol. The Morgan fingerprint density at radius 2 is 1.81 bits per heavy atom. The fourth-order valence-corrected chi connectivity index (χ4v) is 1.49. The van der Waals surface area contributed by atoms with E-state index in [-0.39, 0.29) is 5.97 Å². The van der Waals surface area contributed by atoms with Gasteiger partial charge in [0.1, 0.15) is 5.75 Å². The second-order valence-electron chi connectivity index (χ2n) is 3.97. The van der Waals surface area contributed by atoms with Crippen LogP contribution in [-0.2, 0) is 11.2 Å². The highest BCUT2D eigenvalue weighted by Crippen LogP contribution is 2.14. The van der Waals surface area contributed by atoms with Crippen LogP contribution in [0.3, 0.4) is 0 Å². The molecule has 1 aromatic carbocycles. The van der Waals surface area contributed by atoms with Crippen LogP contribution in [0.25, 0.3) is 0 Å². The van der Waals surface area contributed by atoms with Gasteiger partial charge in [0.15, 0.2) is 0 Å². The maximum Gasteiger partial charge on any atom is 0.311 e. The smallest absolute Gasteiger partial charge is 0.311 e. The molecule has 1 aromatic rings. The van der Waals surface area contributed by atoms with Gasteiger partial charge >= 0.3 is 5.97 Å². The lowest BCUT2D eigenvalue weighted by Crippen LogP contribution is -2.06. The van der Waals surface area contributed by atoms with Crippen LogP contribution in [-0.4, -0.2) is 5.97 Å². The summed E-state index contributed by atoms with van der Waals surface area (Å²) in [7, 11) is 0. The van der Waals surface area contributed by atoms with Gasteiger partial charge in [0.25, 0.3) is 0 Å². The third-order valence-corrected chi connectivity index (χ3v) is 2.43. The van der Waals surface area contributed by atoms with Crippen molar-refractivity contribution in [1.82, 2.24) is 0 Å². The minimum absolute atomic E-state index is 0.149. The molecule has 2 heteroatoms. The largest absolute Gasteiger partial charge is 0.427 e. The van der Waals surface area contributed by atoms with Crippen LogP contribution in [0.4, 0.5) is 0 Å². The van der Waals surface area contributed by atoms with Crippen LogP contribution in [0, 0.1) is 0 Å². The molecule has 0 amide bonds. The summed E-state index contributed by atoms with van der Waals surface area (Å²) in [6.07, 6.45) is 4.81. The van der Waals surface area contributed by atoms with E-state index in [0.717, 1.165) is 12.8 Å². The molecule has 2 nitrogen and oxygen atoms in total. The van der Waals surface area contributed by atoms with Crippen LogP contribution in [0.15, 0.2) is 24.3 Å². The molecule has 88 valence electrons. The predicted molar refractivity (Wildman–Crippen MR) is 65.6 cm³/mol. The topological polar surface area (TPSA) is 26.3 Å². The molecule has 0 heterocycles. The first-order valence-corrected chi connectivity index (χ1v) is 6.06. The molecule has 0 spiro atoms. The molecule has 1 rings (SSSR count). The maximum atomic E-state index is 11.2. The van der Waals surface area contributed by atoms with Crippen molar-refractivity contribution in [3.05, 3.63) is 29.8 Å². The Labute approximate surface area is 97.6 Å². The van der Waals surface area contributed by atoms with Crippen molar-refractivity contribution in [3.8, 4) is 5.75 Å². The molecule has 0 fully saturated rings. The minimum atomic E-state index is -0.149. The summed E-state index contributed by atoms with van der Waals surface area (Å²) in [5, 5.41) is 0. The zero-order chi connectivity index (χ0) is 11.8. The van der Waals surface area contributed by atoms with E-state index in [4.69, 9.17) is 4.74 Å². The van der Waals surface area contributed by atoms with Crippen LogP contribution in [0.1, 0.15) is 45.1 Å². The summed E-state index contributed by atoms with van der Waals surface area (Å²) < 4.78 is 5.18. The van der Waals surface area contributed by atoms with Gasteiger partial charge in [-0.25, -0.2) is 0 Å². The lowest BCUT2D eigenvalue weighted by atomic mass is 10.1.